The molecule has 0 saturated heterocycles. The van der Waals surface area contributed by atoms with Gasteiger partial charge in [-0.3, -0.25) is 0 Å². The van der Waals surface area contributed by atoms with Crippen LogP contribution in [-0.4, -0.2) is 26.0 Å². The van der Waals surface area contributed by atoms with E-state index in [-0.39, 0.29) is 5.69 Å². The molecule has 0 aliphatic carbocycles. The Kier molecular flexibility index (Phi) is 2.86. The highest BCUT2D eigenvalue weighted by molar-refractivity contribution is 7.15. The summed E-state index contributed by atoms with van der Waals surface area (Å²) in [5.41, 5.74) is 1.03. The Balaban J connectivity index is 2.05. The number of anilines is 1. The second-order valence-corrected chi connectivity index (χ2v) is 4.36. The van der Waals surface area contributed by atoms with Crippen molar-refractivity contribution in [3.8, 4) is 0 Å². The smallest absolute Gasteiger partial charge is 0.355 e. The van der Waals surface area contributed by atoms with E-state index >= 15 is 0 Å². The number of aromatic amines is 1. The van der Waals surface area contributed by atoms with E-state index in [4.69, 9.17) is 5.11 Å². The highest BCUT2D eigenvalue weighted by Gasteiger charge is 2.13. The lowest BCUT2D eigenvalue weighted by molar-refractivity contribution is 0.0690. The molecule has 0 atom stereocenters. The third-order valence-corrected chi connectivity index (χ3v) is 2.91. The molecule has 2 heterocycles. The van der Waals surface area contributed by atoms with Gasteiger partial charge in [-0.1, -0.05) is 0 Å². The van der Waals surface area contributed by atoms with Crippen LogP contribution in [0.3, 0.4) is 0 Å². The Morgan fingerprint density at radius 2 is 2.50 bits per heavy atom. The average molecular weight is 238 g/mol. The Hall–Kier alpha value is -1.89. The highest BCUT2D eigenvalue weighted by atomic mass is 32.1. The summed E-state index contributed by atoms with van der Waals surface area (Å²) in [7, 11) is 0. The number of carboxylic acids is 1. The molecule has 84 valence electrons. The van der Waals surface area contributed by atoms with Crippen LogP contribution in [0.5, 0.6) is 0 Å². The van der Waals surface area contributed by atoms with E-state index in [0.717, 1.165) is 5.69 Å². The normalized spacial score (nSPS) is 10.3. The summed E-state index contributed by atoms with van der Waals surface area (Å²) in [4.78, 5) is 22.3. The molecule has 0 radical (unpaired) electrons. The number of H-pyrrole nitrogens is 1. The topological polar surface area (TPSA) is 90.9 Å². The molecule has 0 amide bonds. The number of aromatic carboxylic acids is 1. The van der Waals surface area contributed by atoms with Crippen molar-refractivity contribution in [3.05, 3.63) is 28.8 Å². The molecular weight excluding hydrogens is 228 g/mol. The molecule has 6 nitrogen and oxygen atoms in total. The molecule has 0 aliphatic rings. The first-order chi connectivity index (χ1) is 7.66. The maximum atomic E-state index is 10.8. The zero-order chi connectivity index (χ0) is 11.5. The summed E-state index contributed by atoms with van der Waals surface area (Å²) in [5.74, 6) is -0.997. The lowest BCUT2D eigenvalue weighted by Gasteiger charge is -1.98. The number of aromatic nitrogens is 3. The second kappa shape index (κ2) is 4.31. The van der Waals surface area contributed by atoms with Gasteiger partial charge in [-0.05, 0) is 6.92 Å². The fourth-order valence-corrected chi connectivity index (χ4v) is 2.02. The van der Waals surface area contributed by atoms with Crippen molar-refractivity contribution < 1.29 is 9.90 Å². The molecule has 0 bridgehead atoms. The summed E-state index contributed by atoms with van der Waals surface area (Å²) >= 11 is 1.33. The van der Waals surface area contributed by atoms with E-state index in [1.165, 1.54) is 11.3 Å². The van der Waals surface area contributed by atoms with Crippen LogP contribution in [0.15, 0.2) is 12.5 Å². The van der Waals surface area contributed by atoms with Gasteiger partial charge in [-0.15, -0.1) is 11.3 Å². The standard InChI is InChI=1S/C9H10N4O2S/c1-5-7(8(14)15)13-9(16-5)11-3-6-2-10-4-12-6/h2,4H,3H2,1H3,(H,10,12)(H,11,13)(H,14,15). The largest absolute Gasteiger partial charge is 0.476 e. The lowest BCUT2D eigenvalue weighted by Crippen LogP contribution is -2.01. The van der Waals surface area contributed by atoms with Crippen molar-refractivity contribution in [2.75, 3.05) is 5.32 Å². The molecule has 0 fully saturated rings. The van der Waals surface area contributed by atoms with Gasteiger partial charge in [-0.2, -0.15) is 0 Å². The Labute approximate surface area is 95.4 Å². The third kappa shape index (κ3) is 2.19. The number of imidazole rings is 1. The molecule has 16 heavy (non-hydrogen) atoms. The van der Waals surface area contributed by atoms with Gasteiger partial charge in [0.05, 0.1) is 18.6 Å². The van der Waals surface area contributed by atoms with Crippen LogP contribution in [0.4, 0.5) is 5.13 Å². The van der Waals surface area contributed by atoms with Gasteiger partial charge in [0.25, 0.3) is 0 Å². The summed E-state index contributed by atoms with van der Waals surface area (Å²) in [5, 5.41) is 12.5. The predicted octanol–water partition coefficient (Wildman–Crippen LogP) is 1.48. The van der Waals surface area contributed by atoms with E-state index in [0.29, 0.717) is 16.6 Å². The molecular formula is C9H10N4O2S. The quantitative estimate of drug-likeness (QED) is 0.750. The molecule has 2 aromatic heterocycles. The van der Waals surface area contributed by atoms with E-state index < -0.39 is 5.97 Å². The minimum absolute atomic E-state index is 0.108. The zero-order valence-corrected chi connectivity index (χ0v) is 9.34. The van der Waals surface area contributed by atoms with Crippen molar-refractivity contribution >= 4 is 22.4 Å². The maximum Gasteiger partial charge on any atom is 0.355 e. The average Bonchev–Trinajstić information content (AvgIpc) is 2.83. The highest BCUT2D eigenvalue weighted by Crippen LogP contribution is 2.22. The Morgan fingerprint density at radius 3 is 3.06 bits per heavy atom. The number of hydrogen-bond acceptors (Lipinski definition) is 5. The summed E-state index contributed by atoms with van der Waals surface area (Å²) < 4.78 is 0. The van der Waals surface area contributed by atoms with E-state index in [1.807, 2.05) is 0 Å². The number of carboxylic acid groups (broad SMARTS) is 1. The summed E-state index contributed by atoms with van der Waals surface area (Å²) in [6.45, 7) is 2.29. The van der Waals surface area contributed by atoms with Crippen LogP contribution < -0.4 is 5.32 Å². The predicted molar refractivity (Wildman–Crippen MR) is 59.7 cm³/mol. The monoisotopic (exact) mass is 238 g/mol. The maximum absolute atomic E-state index is 10.8. The molecule has 2 aromatic rings. The molecule has 7 heteroatoms. The fourth-order valence-electron chi connectivity index (χ4n) is 1.22. The minimum Gasteiger partial charge on any atom is -0.476 e. The van der Waals surface area contributed by atoms with Crippen molar-refractivity contribution in [1.29, 1.82) is 0 Å². The van der Waals surface area contributed by atoms with Gasteiger partial charge >= 0.3 is 5.97 Å². The molecule has 0 spiro atoms. The van der Waals surface area contributed by atoms with Crippen LogP contribution in [0.25, 0.3) is 0 Å². The molecule has 0 unspecified atom stereocenters. The van der Waals surface area contributed by atoms with Gasteiger partial charge in [0, 0.05) is 11.1 Å². The number of aryl methyl sites for hydroxylation is 1. The Morgan fingerprint density at radius 1 is 1.69 bits per heavy atom. The third-order valence-electron chi connectivity index (χ3n) is 1.98. The van der Waals surface area contributed by atoms with Crippen molar-refractivity contribution in [1.82, 2.24) is 15.0 Å². The van der Waals surface area contributed by atoms with Crippen LogP contribution in [0, 0.1) is 6.92 Å². The molecule has 3 N–H and O–H groups in total. The van der Waals surface area contributed by atoms with Gasteiger partial charge in [0.15, 0.2) is 10.8 Å². The van der Waals surface area contributed by atoms with Gasteiger partial charge < -0.3 is 15.4 Å². The van der Waals surface area contributed by atoms with Crippen LogP contribution in [0.1, 0.15) is 21.1 Å². The number of carbonyl (C=O) groups is 1. The van der Waals surface area contributed by atoms with Crippen molar-refractivity contribution in [3.63, 3.8) is 0 Å². The van der Waals surface area contributed by atoms with Gasteiger partial charge in [0.2, 0.25) is 0 Å². The fraction of sp³-hybridized carbons (Fsp3) is 0.222. The zero-order valence-electron chi connectivity index (χ0n) is 8.52. The first-order valence-corrected chi connectivity index (χ1v) is 5.40. The van der Waals surface area contributed by atoms with Gasteiger partial charge in [-0.25, -0.2) is 14.8 Å². The number of thiazole rings is 1. The van der Waals surface area contributed by atoms with Crippen LogP contribution in [0.2, 0.25) is 0 Å². The van der Waals surface area contributed by atoms with Gasteiger partial charge in [0.1, 0.15) is 0 Å². The van der Waals surface area contributed by atoms with Crippen LogP contribution in [-0.2, 0) is 6.54 Å². The first-order valence-electron chi connectivity index (χ1n) is 4.58. The van der Waals surface area contributed by atoms with Crippen molar-refractivity contribution in [2.45, 2.75) is 13.5 Å². The van der Waals surface area contributed by atoms with E-state index in [9.17, 15) is 4.79 Å². The summed E-state index contributed by atoms with van der Waals surface area (Å²) in [6, 6.07) is 0. The Bertz CT molecular complexity index is 492. The first kappa shape index (κ1) is 10.6. The molecule has 0 aliphatic heterocycles. The molecule has 0 aromatic carbocycles. The lowest BCUT2D eigenvalue weighted by atomic mass is 10.4. The minimum atomic E-state index is -0.997. The number of nitrogens with one attached hydrogen (secondary N) is 2. The van der Waals surface area contributed by atoms with E-state index in [2.05, 4.69) is 20.3 Å². The SMILES string of the molecule is Cc1sc(NCc2cnc[nH]2)nc1C(=O)O. The second-order valence-electron chi connectivity index (χ2n) is 3.16. The molecule has 2 rings (SSSR count). The number of rotatable bonds is 4. The number of hydrogen-bond donors (Lipinski definition) is 3. The molecule has 0 saturated carbocycles. The van der Waals surface area contributed by atoms with E-state index in [1.54, 1.807) is 19.4 Å². The van der Waals surface area contributed by atoms with Crippen molar-refractivity contribution in [2.24, 2.45) is 0 Å². The summed E-state index contributed by atoms with van der Waals surface area (Å²) in [6.07, 6.45) is 3.29. The van der Waals surface area contributed by atoms with Crippen LogP contribution >= 0.6 is 11.3 Å². The number of nitrogens with zero attached hydrogens (tertiary/aromatic N) is 2.